The van der Waals surface area contributed by atoms with E-state index in [4.69, 9.17) is 10.5 Å². The molecule has 1 aromatic carbocycles. The lowest BCUT2D eigenvalue weighted by molar-refractivity contribution is -0.134. The summed E-state index contributed by atoms with van der Waals surface area (Å²) in [5.74, 6) is -0.332. The number of primary amides is 1. The lowest BCUT2D eigenvalue weighted by atomic mass is 9.94. The normalized spacial score (nSPS) is 18.5. The number of amides is 2. The van der Waals surface area contributed by atoms with E-state index >= 15 is 0 Å². The van der Waals surface area contributed by atoms with Gasteiger partial charge in [-0.05, 0) is 48.3 Å². The fourth-order valence-corrected chi connectivity index (χ4v) is 4.58. The molecular weight excluding hydrogens is 394 g/mol. The van der Waals surface area contributed by atoms with E-state index in [1.165, 1.54) is 0 Å². The van der Waals surface area contributed by atoms with Gasteiger partial charge in [0.1, 0.15) is 5.56 Å². The molecule has 2 amide bonds. The summed E-state index contributed by atoms with van der Waals surface area (Å²) in [4.78, 5) is 39.8. The van der Waals surface area contributed by atoms with Crippen molar-refractivity contribution in [1.29, 1.82) is 0 Å². The summed E-state index contributed by atoms with van der Waals surface area (Å²) < 4.78 is 7.07. The predicted octanol–water partition coefficient (Wildman–Crippen LogP) is 1.89. The van der Waals surface area contributed by atoms with Crippen molar-refractivity contribution in [2.24, 2.45) is 11.7 Å². The molecule has 2 N–H and O–H groups in total. The molecule has 0 radical (unpaired) electrons. The Kier molecular flexibility index (Phi) is 6.51. The first kappa shape index (κ1) is 21.3. The van der Waals surface area contributed by atoms with Gasteiger partial charge in [0.05, 0.1) is 0 Å². The molecule has 1 unspecified atom stereocenters. The number of ether oxygens (including phenoxy) is 1. The Morgan fingerprint density at radius 2 is 2.00 bits per heavy atom. The second kappa shape index (κ2) is 9.47. The van der Waals surface area contributed by atoms with E-state index in [2.05, 4.69) is 0 Å². The highest BCUT2D eigenvalue weighted by Gasteiger charge is 2.28. The Morgan fingerprint density at radius 3 is 2.71 bits per heavy atom. The quantitative estimate of drug-likeness (QED) is 0.768. The van der Waals surface area contributed by atoms with Crippen molar-refractivity contribution in [2.75, 3.05) is 19.8 Å². The molecule has 31 heavy (non-hydrogen) atoms. The number of fused-ring (bicyclic) bond motifs is 1. The summed E-state index contributed by atoms with van der Waals surface area (Å²) in [6.45, 7) is 2.75. The molecule has 1 fully saturated rings. The number of carbonyl (C=O) groups is 2. The number of nitrogens with zero attached hydrogens (tertiary/aromatic N) is 2. The number of hydrogen-bond acceptors (Lipinski definition) is 4. The molecule has 164 valence electrons. The maximum absolute atomic E-state index is 12.9. The van der Waals surface area contributed by atoms with Crippen molar-refractivity contribution in [3.05, 3.63) is 69.1 Å². The van der Waals surface area contributed by atoms with Gasteiger partial charge in [-0.25, -0.2) is 0 Å². The zero-order valence-electron chi connectivity index (χ0n) is 17.7. The fraction of sp³-hybridized carbons (Fsp3) is 0.458. The molecule has 0 spiro atoms. The highest BCUT2D eigenvalue weighted by molar-refractivity contribution is 5.94. The topological polar surface area (TPSA) is 94.6 Å². The van der Waals surface area contributed by atoms with E-state index in [0.717, 1.165) is 30.6 Å². The predicted molar refractivity (Wildman–Crippen MR) is 117 cm³/mol. The van der Waals surface area contributed by atoms with Crippen molar-refractivity contribution < 1.29 is 14.3 Å². The van der Waals surface area contributed by atoms with Crippen molar-refractivity contribution in [3.63, 3.8) is 0 Å². The van der Waals surface area contributed by atoms with E-state index in [1.54, 1.807) is 10.8 Å². The van der Waals surface area contributed by atoms with E-state index in [1.807, 2.05) is 35.2 Å². The molecule has 0 aliphatic carbocycles. The van der Waals surface area contributed by atoms with Crippen molar-refractivity contribution in [3.8, 4) is 0 Å². The van der Waals surface area contributed by atoms with E-state index in [-0.39, 0.29) is 22.9 Å². The summed E-state index contributed by atoms with van der Waals surface area (Å²) in [6.07, 6.45) is 5.43. The SMILES string of the molecule is NC(=O)c1c2c(cn(CCc3ccccc3)c1=O)CN(C(=O)CC1CCCOC1)CC2. The van der Waals surface area contributed by atoms with Crippen LogP contribution in [0.15, 0.2) is 41.3 Å². The van der Waals surface area contributed by atoms with Crippen molar-refractivity contribution in [1.82, 2.24) is 9.47 Å². The maximum atomic E-state index is 12.9. The van der Waals surface area contributed by atoms with Gasteiger partial charge in [-0.2, -0.15) is 0 Å². The van der Waals surface area contributed by atoms with Gasteiger partial charge in [-0.15, -0.1) is 0 Å². The van der Waals surface area contributed by atoms with E-state index < -0.39 is 5.91 Å². The first-order valence-electron chi connectivity index (χ1n) is 11.0. The Balaban J connectivity index is 1.54. The minimum Gasteiger partial charge on any atom is -0.381 e. The second-order valence-electron chi connectivity index (χ2n) is 8.46. The summed E-state index contributed by atoms with van der Waals surface area (Å²) in [6, 6.07) is 9.88. The third kappa shape index (κ3) is 4.88. The average Bonchev–Trinajstić information content (AvgIpc) is 2.78. The first-order valence-corrected chi connectivity index (χ1v) is 11.0. The smallest absolute Gasteiger partial charge is 0.263 e. The second-order valence-corrected chi connectivity index (χ2v) is 8.46. The zero-order valence-corrected chi connectivity index (χ0v) is 17.7. The molecule has 3 heterocycles. The molecule has 2 aliphatic heterocycles. The lowest BCUT2D eigenvalue weighted by Crippen LogP contribution is -2.41. The highest BCUT2D eigenvalue weighted by atomic mass is 16.5. The number of nitrogens with two attached hydrogens (primary N) is 1. The number of aromatic nitrogens is 1. The van der Waals surface area contributed by atoms with Crippen molar-refractivity contribution in [2.45, 2.75) is 45.2 Å². The van der Waals surface area contributed by atoms with Crippen LogP contribution in [0.25, 0.3) is 0 Å². The molecule has 2 aromatic rings. The van der Waals surface area contributed by atoms with E-state index in [0.29, 0.717) is 51.1 Å². The standard InChI is InChI=1S/C24H29N3O4/c25-23(29)22-20-9-11-26(21(28)13-18-7-4-12-31-16-18)14-19(20)15-27(24(22)30)10-8-17-5-2-1-3-6-17/h1-3,5-6,15,18H,4,7-14,16H2,(H2,25,29). The van der Waals surface area contributed by atoms with Crippen LogP contribution in [0.4, 0.5) is 0 Å². The van der Waals surface area contributed by atoms with Crippen LogP contribution in [0, 0.1) is 5.92 Å². The number of rotatable bonds is 6. The minimum atomic E-state index is -0.700. The van der Waals surface area contributed by atoms with Crippen LogP contribution in [-0.4, -0.2) is 41.0 Å². The van der Waals surface area contributed by atoms with Gasteiger partial charge in [-0.3, -0.25) is 14.4 Å². The number of benzene rings is 1. The van der Waals surface area contributed by atoms with Gasteiger partial charge in [0.2, 0.25) is 5.91 Å². The van der Waals surface area contributed by atoms with Crippen LogP contribution in [0.5, 0.6) is 0 Å². The minimum absolute atomic E-state index is 0.0679. The zero-order chi connectivity index (χ0) is 21.8. The number of aryl methyl sites for hydroxylation is 2. The molecule has 1 atom stereocenters. The van der Waals surface area contributed by atoms with Crippen LogP contribution in [0.1, 0.15) is 46.3 Å². The van der Waals surface area contributed by atoms with Gasteiger partial charge in [0.25, 0.3) is 11.5 Å². The monoisotopic (exact) mass is 423 g/mol. The van der Waals surface area contributed by atoms with Crippen LogP contribution < -0.4 is 11.3 Å². The summed E-state index contributed by atoms with van der Waals surface area (Å²) in [5.41, 5.74) is 7.95. The Morgan fingerprint density at radius 1 is 1.19 bits per heavy atom. The van der Waals surface area contributed by atoms with Crippen LogP contribution in [-0.2, 0) is 35.5 Å². The molecular formula is C24H29N3O4. The summed E-state index contributed by atoms with van der Waals surface area (Å²) in [5, 5.41) is 0. The molecule has 2 aliphatic rings. The van der Waals surface area contributed by atoms with Crippen LogP contribution >= 0.6 is 0 Å². The van der Waals surface area contributed by atoms with Gasteiger partial charge < -0.3 is 19.9 Å². The van der Waals surface area contributed by atoms with Gasteiger partial charge >= 0.3 is 0 Å². The fourth-order valence-electron chi connectivity index (χ4n) is 4.58. The van der Waals surface area contributed by atoms with Crippen LogP contribution in [0.3, 0.4) is 0 Å². The first-order chi connectivity index (χ1) is 15.0. The van der Waals surface area contributed by atoms with Gasteiger partial charge in [0.15, 0.2) is 0 Å². The third-order valence-electron chi connectivity index (χ3n) is 6.27. The summed E-state index contributed by atoms with van der Waals surface area (Å²) in [7, 11) is 0. The molecule has 4 rings (SSSR count). The number of carbonyl (C=O) groups excluding carboxylic acids is 2. The number of hydrogen-bond donors (Lipinski definition) is 1. The Hall–Kier alpha value is -2.93. The maximum Gasteiger partial charge on any atom is 0.263 e. The van der Waals surface area contributed by atoms with Gasteiger partial charge in [-0.1, -0.05) is 30.3 Å². The highest BCUT2D eigenvalue weighted by Crippen LogP contribution is 2.24. The largest absolute Gasteiger partial charge is 0.381 e. The molecule has 7 nitrogen and oxygen atoms in total. The lowest BCUT2D eigenvalue weighted by Gasteiger charge is -2.32. The Bertz CT molecular complexity index is 1010. The molecule has 0 saturated carbocycles. The van der Waals surface area contributed by atoms with E-state index in [9.17, 15) is 14.4 Å². The summed E-state index contributed by atoms with van der Waals surface area (Å²) >= 11 is 0. The third-order valence-corrected chi connectivity index (χ3v) is 6.27. The van der Waals surface area contributed by atoms with Crippen molar-refractivity contribution >= 4 is 11.8 Å². The molecule has 1 aromatic heterocycles. The number of pyridine rings is 1. The van der Waals surface area contributed by atoms with Crippen LogP contribution in [0.2, 0.25) is 0 Å². The molecule has 7 heteroatoms. The Labute approximate surface area is 181 Å². The van der Waals surface area contributed by atoms with Gasteiger partial charge in [0, 0.05) is 45.5 Å². The molecule has 0 bridgehead atoms. The average molecular weight is 424 g/mol. The molecule has 1 saturated heterocycles.